The lowest BCUT2D eigenvalue weighted by molar-refractivity contribution is -0.388. The lowest BCUT2D eigenvalue weighted by atomic mass is 10.5. The summed E-state index contributed by atoms with van der Waals surface area (Å²) in [5, 5.41) is 15.3. The number of nitrogens with zero attached hydrogens (tertiary/aromatic N) is 1. The third-order valence-corrected chi connectivity index (χ3v) is 0.530. The first kappa shape index (κ1) is 8.31. The van der Waals surface area contributed by atoms with Crippen LogP contribution in [0.1, 0.15) is 13.3 Å². The Balaban J connectivity index is 3.17. The Hall–Kier alpha value is -0.690. The molecule has 9 heavy (non-hydrogen) atoms. The van der Waals surface area contributed by atoms with Gasteiger partial charge in [0.1, 0.15) is 0 Å². The molecule has 0 atom stereocenters. The maximum atomic E-state index is 10.2. The van der Waals surface area contributed by atoms with Crippen LogP contribution in [0, 0.1) is 0 Å². The molecule has 0 aromatic heterocycles. The van der Waals surface area contributed by atoms with Crippen molar-refractivity contribution in [3.8, 4) is 0 Å². The molecule has 54 valence electrons. The number of nitrogens with one attached hydrogen (secondary N) is 1. The van der Waals surface area contributed by atoms with E-state index in [0.717, 1.165) is 0 Å². The van der Waals surface area contributed by atoms with Crippen LogP contribution in [-0.4, -0.2) is 21.7 Å². The molecule has 0 fully saturated rings. The molecule has 0 aliphatic rings. The van der Waals surface area contributed by atoms with Crippen molar-refractivity contribution < 1.29 is 20.0 Å². The van der Waals surface area contributed by atoms with Crippen molar-refractivity contribution in [1.29, 1.82) is 0 Å². The summed E-state index contributed by atoms with van der Waals surface area (Å²) in [7, 11) is 0. The van der Waals surface area contributed by atoms with E-state index in [1.165, 1.54) is 5.59 Å². The van der Waals surface area contributed by atoms with Gasteiger partial charge in [0.05, 0.1) is 0 Å². The van der Waals surface area contributed by atoms with Gasteiger partial charge in [-0.2, -0.15) is 0 Å². The van der Waals surface area contributed by atoms with E-state index >= 15 is 0 Å². The van der Waals surface area contributed by atoms with Crippen LogP contribution in [0.4, 0.5) is 0 Å². The molecule has 0 aliphatic carbocycles. The summed E-state index contributed by atoms with van der Waals surface area (Å²) >= 11 is 0. The van der Waals surface area contributed by atoms with Crippen LogP contribution in [0.15, 0.2) is 0 Å². The first-order valence-electron chi connectivity index (χ1n) is 2.30. The van der Waals surface area contributed by atoms with Gasteiger partial charge in [-0.1, -0.05) is 6.92 Å². The minimum atomic E-state index is -0.580. The van der Waals surface area contributed by atoms with E-state index in [1.54, 1.807) is 6.92 Å². The van der Waals surface area contributed by atoms with E-state index in [4.69, 9.17) is 10.4 Å². The van der Waals surface area contributed by atoms with Crippen molar-refractivity contribution in [3.63, 3.8) is 0 Å². The van der Waals surface area contributed by atoms with Gasteiger partial charge in [0, 0.05) is 11.8 Å². The standard InChI is InChI=1S/C3H8N2O4/c1-2-3(6)9-4-5(7)8/h4,7-8H,2H2,1H3. The first-order valence-corrected chi connectivity index (χ1v) is 2.30. The fourth-order valence-electron chi connectivity index (χ4n) is 0.164. The minimum absolute atomic E-state index is 0.167. The first-order chi connectivity index (χ1) is 4.16. The van der Waals surface area contributed by atoms with E-state index in [2.05, 4.69) is 4.84 Å². The van der Waals surface area contributed by atoms with Crippen LogP contribution >= 0.6 is 0 Å². The molecule has 0 saturated carbocycles. The van der Waals surface area contributed by atoms with Gasteiger partial charge in [-0.15, -0.1) is 0 Å². The highest BCUT2D eigenvalue weighted by molar-refractivity contribution is 5.68. The molecule has 0 aromatic carbocycles. The molecule has 0 saturated heterocycles. The van der Waals surface area contributed by atoms with E-state index in [0.29, 0.717) is 0 Å². The number of hydrogen-bond acceptors (Lipinski definition) is 6. The topological polar surface area (TPSA) is 82.0 Å². The van der Waals surface area contributed by atoms with E-state index in [1.807, 2.05) is 0 Å². The summed E-state index contributed by atoms with van der Waals surface area (Å²) < 4.78 is 0. The Morgan fingerprint density at radius 3 is 2.67 bits per heavy atom. The van der Waals surface area contributed by atoms with Gasteiger partial charge in [-0.05, 0) is 5.59 Å². The average Bonchev–Trinajstić information content (AvgIpc) is 1.83. The van der Waals surface area contributed by atoms with Crippen LogP contribution in [0.25, 0.3) is 0 Å². The van der Waals surface area contributed by atoms with Crippen molar-refractivity contribution >= 4 is 5.97 Å². The van der Waals surface area contributed by atoms with Gasteiger partial charge in [0.25, 0.3) is 0 Å². The zero-order valence-electron chi connectivity index (χ0n) is 4.87. The van der Waals surface area contributed by atoms with Gasteiger partial charge in [0.15, 0.2) is 0 Å². The van der Waals surface area contributed by atoms with Crippen molar-refractivity contribution in [2.24, 2.45) is 0 Å². The zero-order valence-corrected chi connectivity index (χ0v) is 4.87. The van der Waals surface area contributed by atoms with Crippen LogP contribution in [0.5, 0.6) is 0 Å². The molecular formula is C3H8N2O4. The highest BCUT2D eigenvalue weighted by atomic mass is 16.9. The highest BCUT2D eigenvalue weighted by Crippen LogP contribution is 1.78. The minimum Gasteiger partial charge on any atom is -0.352 e. The third-order valence-electron chi connectivity index (χ3n) is 0.530. The summed E-state index contributed by atoms with van der Waals surface area (Å²) in [6.45, 7) is 1.57. The molecule has 6 heteroatoms. The van der Waals surface area contributed by atoms with Gasteiger partial charge >= 0.3 is 5.97 Å². The Morgan fingerprint density at radius 1 is 1.78 bits per heavy atom. The largest absolute Gasteiger partial charge is 0.352 e. The summed E-state index contributed by atoms with van der Waals surface area (Å²) in [5.74, 6) is -0.580. The van der Waals surface area contributed by atoms with E-state index in [9.17, 15) is 4.79 Å². The molecule has 0 rings (SSSR count). The van der Waals surface area contributed by atoms with Gasteiger partial charge in [-0.25, -0.2) is 0 Å². The maximum Gasteiger partial charge on any atom is 0.326 e. The quantitative estimate of drug-likeness (QED) is 0.451. The molecule has 0 heterocycles. The number of hydrogen-bond donors (Lipinski definition) is 3. The molecule has 6 nitrogen and oxygen atoms in total. The van der Waals surface area contributed by atoms with Crippen LogP contribution in [0.3, 0.4) is 0 Å². The molecule has 0 bridgehead atoms. The van der Waals surface area contributed by atoms with Crippen LogP contribution < -0.4 is 5.59 Å². The normalized spacial score (nSPS) is 9.78. The summed E-state index contributed by atoms with van der Waals surface area (Å²) in [4.78, 5) is 14.2. The second-order valence-corrected chi connectivity index (χ2v) is 1.21. The molecule has 3 N–H and O–H groups in total. The molecular weight excluding hydrogens is 128 g/mol. The Bertz CT molecular complexity index is 93.8. The summed E-state index contributed by atoms with van der Waals surface area (Å²) in [5.41, 5.74) is 1.49. The summed E-state index contributed by atoms with van der Waals surface area (Å²) in [6, 6.07) is 0. The second-order valence-electron chi connectivity index (χ2n) is 1.21. The van der Waals surface area contributed by atoms with E-state index in [-0.39, 0.29) is 6.42 Å². The molecule has 0 unspecified atom stereocenters. The number of carbonyl (C=O) groups is 1. The highest BCUT2D eigenvalue weighted by Gasteiger charge is 1.98. The van der Waals surface area contributed by atoms with Gasteiger partial charge in [-0.3, -0.25) is 15.2 Å². The van der Waals surface area contributed by atoms with Gasteiger partial charge < -0.3 is 4.84 Å². The summed E-state index contributed by atoms with van der Waals surface area (Å²) in [6.07, 6.45) is 0.167. The number of carbonyl (C=O) groups excluding carboxylic acids is 1. The fraction of sp³-hybridized carbons (Fsp3) is 0.667. The fourth-order valence-corrected chi connectivity index (χ4v) is 0.164. The lowest BCUT2D eigenvalue weighted by Gasteiger charge is -2.05. The molecule has 0 spiro atoms. The monoisotopic (exact) mass is 136 g/mol. The van der Waals surface area contributed by atoms with E-state index < -0.39 is 11.3 Å². The lowest BCUT2D eigenvalue weighted by Crippen LogP contribution is -2.33. The molecule has 0 aromatic rings. The van der Waals surface area contributed by atoms with Gasteiger partial charge in [0.2, 0.25) is 0 Å². The van der Waals surface area contributed by atoms with Crippen molar-refractivity contribution in [2.45, 2.75) is 13.3 Å². The second kappa shape index (κ2) is 4.21. The van der Waals surface area contributed by atoms with Crippen molar-refractivity contribution in [1.82, 2.24) is 10.9 Å². The molecule has 0 radical (unpaired) electrons. The predicted octanol–water partition coefficient (Wildman–Crippen LogP) is -0.560. The predicted molar refractivity (Wildman–Crippen MR) is 24.9 cm³/mol. The van der Waals surface area contributed by atoms with Crippen molar-refractivity contribution in [3.05, 3.63) is 0 Å². The Kier molecular flexibility index (Phi) is 3.89. The SMILES string of the molecule is CCC(=O)ONN(O)O. The maximum absolute atomic E-state index is 10.2. The zero-order chi connectivity index (χ0) is 7.28. The van der Waals surface area contributed by atoms with Crippen molar-refractivity contribution in [2.75, 3.05) is 0 Å². The molecule has 0 amide bonds. The number of hydrazine groups is 1. The third kappa shape index (κ3) is 5.18. The van der Waals surface area contributed by atoms with Crippen LogP contribution in [-0.2, 0) is 9.63 Å². The van der Waals surface area contributed by atoms with Crippen LogP contribution in [0.2, 0.25) is 0 Å². The number of rotatable bonds is 3. The smallest absolute Gasteiger partial charge is 0.326 e. The Morgan fingerprint density at radius 2 is 2.33 bits per heavy atom. The molecule has 0 aliphatic heterocycles. The Labute approximate surface area is 51.5 Å². The average molecular weight is 136 g/mol.